The van der Waals surface area contributed by atoms with Gasteiger partial charge in [-0.1, -0.05) is 0 Å². The van der Waals surface area contributed by atoms with Crippen molar-refractivity contribution in [2.75, 3.05) is 0 Å². The van der Waals surface area contributed by atoms with Gasteiger partial charge in [0.1, 0.15) is 12.4 Å². The van der Waals surface area contributed by atoms with E-state index in [9.17, 15) is 9.59 Å². The van der Waals surface area contributed by atoms with Crippen LogP contribution in [0.25, 0.3) is 0 Å². The Balaban J connectivity index is 2.19. The van der Waals surface area contributed by atoms with E-state index < -0.39 is 0 Å². The third kappa shape index (κ3) is 1.52. The summed E-state index contributed by atoms with van der Waals surface area (Å²) in [7, 11) is 0. The van der Waals surface area contributed by atoms with Gasteiger partial charge >= 0.3 is 5.97 Å². The van der Waals surface area contributed by atoms with E-state index in [1.807, 2.05) is 0 Å². The molecule has 2 unspecified atom stereocenters. The van der Waals surface area contributed by atoms with Crippen LogP contribution in [0, 0.1) is 5.92 Å². The first-order valence-corrected chi connectivity index (χ1v) is 2.86. The van der Waals surface area contributed by atoms with Crippen LogP contribution in [0.3, 0.4) is 0 Å². The molecule has 0 spiro atoms. The highest BCUT2D eigenvalue weighted by Gasteiger charge is 2.39. The Hall–Kier alpha value is -0.860. The average Bonchev–Trinajstić information content (AvgIpc) is 2.45. The van der Waals surface area contributed by atoms with Gasteiger partial charge in [0.15, 0.2) is 0 Å². The van der Waals surface area contributed by atoms with E-state index in [0.717, 1.165) is 6.29 Å². The second-order valence-corrected chi connectivity index (χ2v) is 2.18. The van der Waals surface area contributed by atoms with Crippen LogP contribution in [-0.4, -0.2) is 18.4 Å². The quantitative estimate of drug-likeness (QED) is 0.392. The van der Waals surface area contributed by atoms with Gasteiger partial charge in [0, 0.05) is 6.92 Å². The van der Waals surface area contributed by atoms with Crippen LogP contribution in [0.5, 0.6) is 0 Å². The third-order valence-electron chi connectivity index (χ3n) is 1.27. The molecule has 1 aliphatic carbocycles. The maximum atomic E-state index is 10.2. The molecule has 0 saturated heterocycles. The van der Waals surface area contributed by atoms with Gasteiger partial charge in [-0.15, -0.1) is 0 Å². The zero-order chi connectivity index (χ0) is 6.85. The molecule has 50 valence electrons. The lowest BCUT2D eigenvalue weighted by molar-refractivity contribution is -0.142. The molecule has 0 heterocycles. The molecule has 0 bridgehead atoms. The van der Waals surface area contributed by atoms with Crippen molar-refractivity contribution >= 4 is 12.3 Å². The highest BCUT2D eigenvalue weighted by molar-refractivity contribution is 5.68. The molecule has 0 N–H and O–H groups in total. The molecule has 0 aromatic carbocycles. The van der Waals surface area contributed by atoms with Gasteiger partial charge in [0.2, 0.25) is 0 Å². The molecule has 1 fully saturated rings. The Bertz CT molecular complexity index is 141. The third-order valence-corrected chi connectivity index (χ3v) is 1.27. The summed E-state index contributed by atoms with van der Waals surface area (Å²) < 4.78 is 4.69. The minimum atomic E-state index is -0.302. The number of aldehydes is 1. The molecule has 2 atom stereocenters. The zero-order valence-corrected chi connectivity index (χ0v) is 5.16. The molecule has 3 nitrogen and oxygen atoms in total. The number of carbonyl (C=O) groups is 2. The minimum absolute atomic E-state index is 0.0195. The fourth-order valence-corrected chi connectivity index (χ4v) is 0.682. The van der Waals surface area contributed by atoms with Crippen molar-refractivity contribution in [1.82, 2.24) is 0 Å². The number of hydrogen-bond acceptors (Lipinski definition) is 3. The molecule has 0 aromatic heterocycles. The first-order chi connectivity index (χ1) is 4.24. The second-order valence-electron chi connectivity index (χ2n) is 2.18. The van der Waals surface area contributed by atoms with E-state index in [0.29, 0.717) is 6.42 Å². The van der Waals surface area contributed by atoms with Crippen molar-refractivity contribution in [3.63, 3.8) is 0 Å². The second kappa shape index (κ2) is 2.17. The smallest absolute Gasteiger partial charge is 0.302 e. The van der Waals surface area contributed by atoms with E-state index in [1.54, 1.807) is 0 Å². The van der Waals surface area contributed by atoms with Crippen molar-refractivity contribution in [2.24, 2.45) is 5.92 Å². The van der Waals surface area contributed by atoms with Gasteiger partial charge in [-0.25, -0.2) is 0 Å². The van der Waals surface area contributed by atoms with Gasteiger partial charge < -0.3 is 9.53 Å². The summed E-state index contributed by atoms with van der Waals surface area (Å²) in [6.07, 6.45) is 1.43. The summed E-state index contributed by atoms with van der Waals surface area (Å²) in [5.74, 6) is -0.321. The highest BCUT2D eigenvalue weighted by Crippen LogP contribution is 2.31. The number of hydrogen-bond donors (Lipinski definition) is 0. The molecule has 1 aliphatic rings. The molecule has 3 heteroatoms. The zero-order valence-electron chi connectivity index (χ0n) is 5.16. The van der Waals surface area contributed by atoms with Crippen molar-refractivity contribution in [3.8, 4) is 0 Å². The molecule has 1 rings (SSSR count). The normalized spacial score (nSPS) is 31.2. The molecule has 0 radical (unpaired) electrons. The highest BCUT2D eigenvalue weighted by atomic mass is 16.5. The van der Waals surface area contributed by atoms with Crippen LogP contribution in [0.4, 0.5) is 0 Å². The number of rotatable bonds is 2. The van der Waals surface area contributed by atoms with Crippen LogP contribution in [0.2, 0.25) is 0 Å². The Morgan fingerprint density at radius 2 is 2.44 bits per heavy atom. The van der Waals surface area contributed by atoms with Crippen LogP contribution in [0.15, 0.2) is 0 Å². The van der Waals surface area contributed by atoms with Crippen LogP contribution in [0.1, 0.15) is 13.3 Å². The van der Waals surface area contributed by atoms with E-state index in [1.165, 1.54) is 6.92 Å². The largest absolute Gasteiger partial charge is 0.462 e. The first kappa shape index (κ1) is 6.26. The molecular weight excluding hydrogens is 120 g/mol. The molecule has 9 heavy (non-hydrogen) atoms. The van der Waals surface area contributed by atoms with Crippen molar-refractivity contribution in [3.05, 3.63) is 0 Å². The monoisotopic (exact) mass is 128 g/mol. The van der Waals surface area contributed by atoms with Crippen LogP contribution < -0.4 is 0 Å². The number of carbonyl (C=O) groups excluding carboxylic acids is 2. The summed E-state index contributed by atoms with van der Waals surface area (Å²) in [6.45, 7) is 1.35. The van der Waals surface area contributed by atoms with E-state index >= 15 is 0 Å². The molecular formula is C6H8O3. The van der Waals surface area contributed by atoms with Gasteiger partial charge in [-0.2, -0.15) is 0 Å². The van der Waals surface area contributed by atoms with Crippen molar-refractivity contribution in [2.45, 2.75) is 19.4 Å². The topological polar surface area (TPSA) is 43.4 Å². The van der Waals surface area contributed by atoms with Crippen molar-refractivity contribution < 1.29 is 14.3 Å². The van der Waals surface area contributed by atoms with Crippen molar-refractivity contribution in [1.29, 1.82) is 0 Å². The van der Waals surface area contributed by atoms with Gasteiger partial charge in [-0.3, -0.25) is 4.79 Å². The Morgan fingerprint density at radius 1 is 1.78 bits per heavy atom. The molecule has 0 aromatic rings. The van der Waals surface area contributed by atoms with E-state index in [4.69, 9.17) is 4.74 Å². The summed E-state index contributed by atoms with van der Waals surface area (Å²) >= 11 is 0. The Morgan fingerprint density at radius 3 is 2.78 bits per heavy atom. The summed E-state index contributed by atoms with van der Waals surface area (Å²) in [4.78, 5) is 20.2. The van der Waals surface area contributed by atoms with Crippen LogP contribution >= 0.6 is 0 Å². The molecule has 0 amide bonds. The predicted molar refractivity (Wildman–Crippen MR) is 29.7 cm³/mol. The molecule has 1 saturated carbocycles. The average molecular weight is 128 g/mol. The maximum absolute atomic E-state index is 10.2. The Labute approximate surface area is 53.0 Å². The standard InChI is InChI=1S/C6H8O3/c1-4(8)9-6-2-5(6)3-7/h3,5-6H,2H2,1H3. The maximum Gasteiger partial charge on any atom is 0.302 e. The molecule has 0 aliphatic heterocycles. The Kier molecular flexibility index (Phi) is 1.51. The lowest BCUT2D eigenvalue weighted by atomic mass is 10.5. The fourth-order valence-electron chi connectivity index (χ4n) is 0.682. The van der Waals surface area contributed by atoms with Crippen LogP contribution in [-0.2, 0) is 14.3 Å². The summed E-state index contributed by atoms with van der Waals surface area (Å²) in [5, 5.41) is 0. The van der Waals surface area contributed by atoms with Gasteiger partial charge in [0.05, 0.1) is 5.92 Å². The fraction of sp³-hybridized carbons (Fsp3) is 0.667. The van der Waals surface area contributed by atoms with E-state index in [-0.39, 0.29) is 18.0 Å². The number of esters is 1. The summed E-state index contributed by atoms with van der Waals surface area (Å²) in [5.41, 5.74) is 0. The lowest BCUT2D eigenvalue weighted by Crippen LogP contribution is -2.02. The van der Waals surface area contributed by atoms with Gasteiger partial charge in [0.25, 0.3) is 0 Å². The van der Waals surface area contributed by atoms with Gasteiger partial charge in [-0.05, 0) is 6.42 Å². The van der Waals surface area contributed by atoms with E-state index in [2.05, 4.69) is 0 Å². The first-order valence-electron chi connectivity index (χ1n) is 2.86. The lowest BCUT2D eigenvalue weighted by Gasteiger charge is -1.94. The minimum Gasteiger partial charge on any atom is -0.462 e. The summed E-state index contributed by atoms with van der Waals surface area (Å²) in [6, 6.07) is 0. The SMILES string of the molecule is CC(=O)OC1CC1C=O. The predicted octanol–water partition coefficient (Wildman–Crippen LogP) is 0.137. The number of ether oxygens (including phenoxy) is 1.